The molecule has 0 radical (unpaired) electrons. The zero-order chi connectivity index (χ0) is 19.3. The van der Waals surface area contributed by atoms with Crippen molar-refractivity contribution < 1.29 is 22.8 Å². The van der Waals surface area contributed by atoms with Crippen LogP contribution in [0.2, 0.25) is 0 Å². The van der Waals surface area contributed by atoms with Gasteiger partial charge in [-0.05, 0) is 18.2 Å². The summed E-state index contributed by atoms with van der Waals surface area (Å²) in [5, 5.41) is 10.7. The molecule has 11 heteroatoms. The quantitative estimate of drug-likeness (QED) is 0.707. The van der Waals surface area contributed by atoms with E-state index in [1.165, 1.54) is 12.1 Å². The van der Waals surface area contributed by atoms with Crippen molar-refractivity contribution >= 4 is 29.3 Å². The zero-order valence-electron chi connectivity index (χ0n) is 13.7. The summed E-state index contributed by atoms with van der Waals surface area (Å²) in [5.74, 6) is -0.443. The summed E-state index contributed by atoms with van der Waals surface area (Å²) in [6.45, 7) is 0. The molecule has 7 nitrogen and oxygen atoms in total. The van der Waals surface area contributed by atoms with Crippen molar-refractivity contribution in [2.24, 2.45) is 12.8 Å². The largest absolute Gasteiger partial charge is 0.416 e. The Kier molecular flexibility index (Phi) is 6.24. The first-order chi connectivity index (χ1) is 12.2. The number of rotatable bonds is 7. The molecule has 1 aromatic carbocycles. The molecule has 1 aromatic heterocycles. The van der Waals surface area contributed by atoms with Gasteiger partial charge in [0.25, 0.3) is 0 Å². The van der Waals surface area contributed by atoms with Crippen LogP contribution in [0, 0.1) is 0 Å². The molecule has 0 atom stereocenters. The number of aryl methyl sites for hydroxylation is 1. The van der Waals surface area contributed by atoms with Crippen molar-refractivity contribution in [3.63, 3.8) is 0 Å². The molecular weight excluding hydrogens is 371 g/mol. The van der Waals surface area contributed by atoms with Gasteiger partial charge in [0.2, 0.25) is 11.8 Å². The highest BCUT2D eigenvalue weighted by Gasteiger charge is 2.30. The Bertz CT molecular complexity index is 807. The minimum atomic E-state index is -4.48. The lowest BCUT2D eigenvalue weighted by molar-refractivity contribution is -0.137. The first-order valence-corrected chi connectivity index (χ1v) is 8.42. The van der Waals surface area contributed by atoms with Crippen LogP contribution in [0.4, 0.5) is 18.9 Å². The number of nitrogens with two attached hydrogens (primary N) is 1. The van der Waals surface area contributed by atoms with Gasteiger partial charge in [-0.3, -0.25) is 9.59 Å². The third kappa shape index (κ3) is 5.48. The molecule has 0 fully saturated rings. The number of carbonyl (C=O) groups excluding carboxylic acids is 2. The second-order valence-electron chi connectivity index (χ2n) is 5.34. The molecule has 1 heterocycles. The van der Waals surface area contributed by atoms with Crippen molar-refractivity contribution in [2.75, 3.05) is 11.1 Å². The Morgan fingerprint density at radius 1 is 1.31 bits per heavy atom. The number of primary amides is 1. The van der Waals surface area contributed by atoms with E-state index in [1.807, 2.05) is 0 Å². The number of halogens is 3. The van der Waals surface area contributed by atoms with Crippen molar-refractivity contribution in [3.8, 4) is 0 Å². The summed E-state index contributed by atoms with van der Waals surface area (Å²) in [7, 11) is 1.68. The number of nitrogens with one attached hydrogen (secondary N) is 1. The highest BCUT2D eigenvalue weighted by atomic mass is 32.2. The van der Waals surface area contributed by atoms with Gasteiger partial charge in [-0.1, -0.05) is 17.8 Å². The molecule has 3 N–H and O–H groups in total. The zero-order valence-corrected chi connectivity index (χ0v) is 14.5. The summed E-state index contributed by atoms with van der Waals surface area (Å²) in [4.78, 5) is 22.7. The monoisotopic (exact) mass is 387 g/mol. The number of hydrogen-bond donors (Lipinski definition) is 2. The van der Waals surface area contributed by atoms with E-state index >= 15 is 0 Å². The summed E-state index contributed by atoms with van der Waals surface area (Å²) in [5.41, 5.74) is 4.30. The molecule has 26 heavy (non-hydrogen) atoms. The first-order valence-electron chi connectivity index (χ1n) is 7.43. The van der Waals surface area contributed by atoms with E-state index in [2.05, 4.69) is 15.5 Å². The molecule has 140 valence electrons. The van der Waals surface area contributed by atoms with Gasteiger partial charge in [-0.15, -0.1) is 10.2 Å². The number of nitrogens with zero attached hydrogens (tertiary/aromatic N) is 3. The van der Waals surface area contributed by atoms with Crippen LogP contribution in [-0.2, 0) is 29.2 Å². The molecule has 0 aliphatic carbocycles. The van der Waals surface area contributed by atoms with Gasteiger partial charge >= 0.3 is 6.18 Å². The van der Waals surface area contributed by atoms with E-state index in [0.717, 1.165) is 23.9 Å². The molecule has 0 saturated heterocycles. The lowest BCUT2D eigenvalue weighted by Gasteiger charge is -2.09. The lowest BCUT2D eigenvalue weighted by Crippen LogP contribution is -2.15. The molecule has 0 bridgehead atoms. The Labute approximate surface area is 151 Å². The van der Waals surface area contributed by atoms with Crippen LogP contribution in [-0.4, -0.2) is 32.3 Å². The van der Waals surface area contributed by atoms with E-state index in [4.69, 9.17) is 5.73 Å². The predicted octanol–water partition coefficient (Wildman–Crippen LogP) is 1.98. The van der Waals surface area contributed by atoms with E-state index in [1.54, 1.807) is 11.6 Å². The topological polar surface area (TPSA) is 103 Å². The van der Waals surface area contributed by atoms with Crippen molar-refractivity contribution in [1.82, 2.24) is 14.8 Å². The standard InChI is InChI=1S/C15H16F3N5O2S/c1-23-12(6-5-11(19)24)21-22-14(23)26-8-13(25)20-10-4-2-3-9(7-10)15(16,17)18/h2-4,7H,5-6,8H2,1H3,(H2,19,24)(H,20,25). The van der Waals surface area contributed by atoms with Crippen LogP contribution < -0.4 is 11.1 Å². The van der Waals surface area contributed by atoms with Crippen LogP contribution in [0.5, 0.6) is 0 Å². The number of anilines is 1. The van der Waals surface area contributed by atoms with E-state index in [0.29, 0.717) is 17.4 Å². The fraction of sp³-hybridized carbons (Fsp3) is 0.333. The number of amides is 2. The maximum absolute atomic E-state index is 12.7. The summed E-state index contributed by atoms with van der Waals surface area (Å²) in [6, 6.07) is 4.39. The number of aromatic nitrogens is 3. The van der Waals surface area contributed by atoms with E-state index < -0.39 is 23.6 Å². The molecule has 0 saturated carbocycles. The van der Waals surface area contributed by atoms with Gasteiger partial charge in [0.1, 0.15) is 5.82 Å². The molecule has 0 aliphatic rings. The fourth-order valence-corrected chi connectivity index (χ4v) is 2.75. The van der Waals surface area contributed by atoms with Crippen LogP contribution in [0.1, 0.15) is 17.8 Å². The molecule has 2 rings (SSSR count). The molecule has 0 unspecified atom stereocenters. The normalized spacial score (nSPS) is 11.4. The van der Waals surface area contributed by atoms with Gasteiger partial charge in [-0.25, -0.2) is 0 Å². The first kappa shape index (κ1) is 19.8. The van der Waals surface area contributed by atoms with Crippen LogP contribution >= 0.6 is 11.8 Å². The summed E-state index contributed by atoms with van der Waals surface area (Å²) >= 11 is 1.08. The smallest absolute Gasteiger partial charge is 0.370 e. The lowest BCUT2D eigenvalue weighted by atomic mass is 10.2. The number of carbonyl (C=O) groups is 2. The average molecular weight is 387 g/mol. The molecule has 2 amide bonds. The van der Waals surface area contributed by atoms with Gasteiger partial charge in [0.15, 0.2) is 5.16 Å². The Morgan fingerprint density at radius 2 is 2.04 bits per heavy atom. The number of hydrogen-bond acceptors (Lipinski definition) is 5. The van der Waals surface area contributed by atoms with E-state index in [9.17, 15) is 22.8 Å². The molecule has 2 aromatic rings. The highest BCUT2D eigenvalue weighted by molar-refractivity contribution is 7.99. The SMILES string of the molecule is Cn1c(CCC(N)=O)nnc1SCC(=O)Nc1cccc(C(F)(F)F)c1. The second-order valence-corrected chi connectivity index (χ2v) is 6.28. The fourth-order valence-electron chi connectivity index (χ4n) is 2.02. The predicted molar refractivity (Wildman–Crippen MR) is 89.3 cm³/mol. The van der Waals surface area contributed by atoms with Gasteiger partial charge in [0.05, 0.1) is 11.3 Å². The van der Waals surface area contributed by atoms with Gasteiger partial charge < -0.3 is 15.6 Å². The minimum Gasteiger partial charge on any atom is -0.370 e. The van der Waals surface area contributed by atoms with Crippen LogP contribution in [0.15, 0.2) is 29.4 Å². The maximum atomic E-state index is 12.7. The maximum Gasteiger partial charge on any atom is 0.416 e. The van der Waals surface area contributed by atoms with Crippen molar-refractivity contribution in [1.29, 1.82) is 0 Å². The van der Waals surface area contributed by atoms with E-state index in [-0.39, 0.29) is 17.9 Å². The highest BCUT2D eigenvalue weighted by Crippen LogP contribution is 2.30. The molecular formula is C15H16F3N5O2S. The summed E-state index contributed by atoms with van der Waals surface area (Å²) in [6.07, 6.45) is -4.02. The average Bonchev–Trinajstić information content (AvgIpc) is 2.90. The molecule has 0 spiro atoms. The second kappa shape index (κ2) is 8.21. The van der Waals surface area contributed by atoms with Gasteiger partial charge in [-0.2, -0.15) is 13.2 Å². The number of thioether (sulfide) groups is 1. The Morgan fingerprint density at radius 3 is 2.69 bits per heavy atom. The number of benzene rings is 1. The third-order valence-electron chi connectivity index (χ3n) is 3.33. The van der Waals surface area contributed by atoms with Crippen molar-refractivity contribution in [2.45, 2.75) is 24.2 Å². The van der Waals surface area contributed by atoms with Crippen LogP contribution in [0.3, 0.4) is 0 Å². The summed E-state index contributed by atoms with van der Waals surface area (Å²) < 4.78 is 39.6. The van der Waals surface area contributed by atoms with Crippen LogP contribution in [0.25, 0.3) is 0 Å². The van der Waals surface area contributed by atoms with Crippen molar-refractivity contribution in [3.05, 3.63) is 35.7 Å². The Hall–Kier alpha value is -2.56. The minimum absolute atomic E-state index is 0.0575. The Balaban J connectivity index is 1.92. The number of alkyl halides is 3. The molecule has 0 aliphatic heterocycles. The third-order valence-corrected chi connectivity index (χ3v) is 4.35. The van der Waals surface area contributed by atoms with Gasteiger partial charge in [0, 0.05) is 25.6 Å².